The summed E-state index contributed by atoms with van der Waals surface area (Å²) in [5.41, 5.74) is 0. The smallest absolute Gasteiger partial charge is 0.462 e. The van der Waals surface area contributed by atoms with Crippen molar-refractivity contribution in [3.63, 3.8) is 0 Å². The van der Waals surface area contributed by atoms with Crippen molar-refractivity contribution >= 4 is 16.6 Å². The van der Waals surface area contributed by atoms with Gasteiger partial charge in [-0.15, -0.1) is 0 Å². The predicted octanol–water partition coefficient (Wildman–Crippen LogP) is 0.287. The maximum absolute atomic E-state index is 10.5. The summed E-state index contributed by atoms with van der Waals surface area (Å²) in [5, 5.41) is 6.48. The fourth-order valence-electron chi connectivity index (χ4n) is 0.686. The first kappa shape index (κ1) is 13.6. The monoisotopic (exact) mass is 240 g/mol. The summed E-state index contributed by atoms with van der Waals surface area (Å²) in [4.78, 5) is 26.0. The number of hydrogen-bond donors (Lipinski definition) is 4. The molecule has 4 N–H and O–H groups in total. The maximum Gasteiger partial charge on any atom is 0.471 e. The second-order valence-corrected chi connectivity index (χ2v) is 4.30. The topological polar surface area (TPSA) is 107 Å². The third-order valence-corrected chi connectivity index (χ3v) is 2.50. The first-order valence-electron chi connectivity index (χ1n) is 3.37. The van der Waals surface area contributed by atoms with Crippen LogP contribution in [-0.4, -0.2) is 25.1 Å². The van der Waals surface area contributed by atoms with Crippen molar-refractivity contribution in [1.29, 1.82) is 0 Å². The zero-order valence-electron chi connectivity index (χ0n) is 7.21. The molecule has 0 spiro atoms. The van der Waals surface area contributed by atoms with Crippen molar-refractivity contribution < 1.29 is 28.9 Å². The second-order valence-electron chi connectivity index (χ2n) is 2.17. The Morgan fingerprint density at radius 1 is 1.57 bits per heavy atom. The van der Waals surface area contributed by atoms with Crippen molar-refractivity contribution in [2.24, 2.45) is 0 Å². The lowest BCUT2D eigenvalue weighted by Crippen LogP contribution is -2.20. The fourth-order valence-corrected chi connectivity index (χ4v) is 2.04. The lowest BCUT2D eigenvalue weighted by atomic mass is 10.3. The van der Waals surface area contributed by atoms with Crippen LogP contribution in [0.2, 0.25) is 0 Å². The van der Waals surface area contributed by atoms with Crippen LogP contribution < -0.4 is 0 Å². The van der Waals surface area contributed by atoms with E-state index in [1.54, 1.807) is 6.92 Å². The molecule has 0 bridgehead atoms. The van der Waals surface area contributed by atoms with Gasteiger partial charge in [0, 0.05) is 0 Å². The average molecular weight is 240 g/mol. The van der Waals surface area contributed by atoms with Gasteiger partial charge in [-0.2, -0.15) is 0 Å². The number of aliphatic hydroxyl groups is 1. The molecule has 0 aromatic carbocycles. The summed E-state index contributed by atoms with van der Waals surface area (Å²) in [6.45, 7) is 1.55. The van der Waals surface area contributed by atoms with Gasteiger partial charge < -0.3 is 19.8 Å². The minimum absolute atomic E-state index is 1.03. The van der Waals surface area contributed by atoms with Gasteiger partial charge in [-0.3, -0.25) is 4.52 Å². The minimum Gasteiger partial charge on any atom is -0.462 e. The normalized spacial score (nSPS) is 16.9. The van der Waals surface area contributed by atoms with Crippen LogP contribution in [0.15, 0.2) is 12.2 Å². The lowest BCUT2D eigenvalue weighted by Gasteiger charge is -2.21. The molecule has 0 heterocycles. The highest BCUT2D eigenvalue weighted by molar-refractivity contribution is 7.47. The minimum atomic E-state index is -4.78. The molecular weight excluding hydrogens is 230 g/mol. The molecule has 14 heavy (non-hydrogen) atoms. The van der Waals surface area contributed by atoms with Crippen molar-refractivity contribution in [1.82, 2.24) is 0 Å². The largest absolute Gasteiger partial charge is 0.471 e. The highest BCUT2D eigenvalue weighted by Gasteiger charge is 2.34. The number of aliphatic hydroxyl groups excluding tert-OH is 1. The summed E-state index contributed by atoms with van der Waals surface area (Å²) in [7, 11) is -5.81. The van der Waals surface area contributed by atoms with Crippen LogP contribution in [0.3, 0.4) is 0 Å². The Kier molecular flexibility index (Phi) is 5.32. The lowest BCUT2D eigenvalue weighted by molar-refractivity contribution is 0.165. The van der Waals surface area contributed by atoms with E-state index in [1.165, 1.54) is 12.2 Å². The summed E-state index contributed by atoms with van der Waals surface area (Å²) in [6.07, 6.45) is 3.98. The Bertz CT molecular complexity index is 310. The van der Waals surface area contributed by atoms with E-state index < -0.39 is 22.0 Å². The van der Waals surface area contributed by atoms with Crippen LogP contribution in [0, 0.1) is 12.0 Å². The first-order valence-corrected chi connectivity index (χ1v) is 5.84. The van der Waals surface area contributed by atoms with Crippen LogP contribution >= 0.6 is 16.6 Å². The highest BCUT2D eigenvalue weighted by atomic mass is 31.2. The van der Waals surface area contributed by atoms with E-state index in [-0.39, 0.29) is 0 Å². The predicted molar refractivity (Wildman–Crippen MR) is 50.9 cm³/mol. The average Bonchev–Trinajstić information content (AvgIpc) is 2.02. The van der Waals surface area contributed by atoms with Crippen LogP contribution in [0.1, 0.15) is 6.92 Å². The molecule has 0 fully saturated rings. The molecule has 0 radical (unpaired) electrons. The Morgan fingerprint density at radius 3 is 2.43 bits per heavy atom. The molecule has 0 aromatic rings. The molecule has 0 aliphatic heterocycles. The molecule has 80 valence electrons. The van der Waals surface area contributed by atoms with E-state index in [2.05, 4.69) is 4.52 Å². The van der Waals surface area contributed by atoms with Crippen LogP contribution in [0.25, 0.3) is 0 Å². The van der Waals surface area contributed by atoms with Gasteiger partial charge >= 0.3 is 7.82 Å². The third kappa shape index (κ3) is 4.73. The zero-order chi connectivity index (χ0) is 11.2. The Hall–Kier alpha value is -0.400. The molecule has 2 unspecified atom stereocenters. The van der Waals surface area contributed by atoms with E-state index >= 15 is 0 Å². The molecule has 0 aromatic heterocycles. The van der Waals surface area contributed by atoms with E-state index in [4.69, 9.17) is 19.8 Å². The number of hydrogen-bond acceptors (Lipinski definition) is 4. The quantitative estimate of drug-likeness (QED) is 0.319. The Labute approximate surface area is 82.7 Å². The summed E-state index contributed by atoms with van der Waals surface area (Å²) in [6, 6.07) is 0. The van der Waals surface area contributed by atoms with E-state index in [1.807, 2.05) is 5.92 Å². The van der Waals surface area contributed by atoms with Crippen LogP contribution in [-0.2, 0) is 9.09 Å². The van der Waals surface area contributed by atoms with Crippen molar-refractivity contribution in [3.05, 3.63) is 12.2 Å². The van der Waals surface area contributed by atoms with Gasteiger partial charge in [0.2, 0.25) is 5.34 Å². The molecule has 2 atom stereocenters. The number of phosphoric ester groups is 1. The summed E-state index contributed by atoms with van der Waals surface area (Å²) >= 11 is 0. The standard InChI is InChI=1S/C6H10O6P2/c1-2-3-6(13-8,4-5-7)12-14(9,10)11/h2-3,7-8,13H,1H3,(H2,9,10,11). The summed E-state index contributed by atoms with van der Waals surface area (Å²) in [5.74, 6) is 1.97. The maximum atomic E-state index is 10.5. The fraction of sp³-hybridized carbons (Fsp3) is 0.333. The Balaban J connectivity index is 5.02. The number of phosphoric acid groups is 1. The first-order chi connectivity index (χ1) is 6.39. The Morgan fingerprint density at radius 2 is 2.14 bits per heavy atom. The van der Waals surface area contributed by atoms with Gasteiger partial charge in [-0.25, -0.2) is 4.57 Å². The van der Waals surface area contributed by atoms with Gasteiger partial charge in [0.15, 0.2) is 0 Å². The SMILES string of the molecule is CC=CC(C#CO)(OP(=O)(O)O)PO. The van der Waals surface area contributed by atoms with Crippen molar-refractivity contribution in [2.45, 2.75) is 12.3 Å². The number of rotatable bonds is 4. The van der Waals surface area contributed by atoms with Gasteiger partial charge in [0.25, 0.3) is 0 Å². The molecule has 0 saturated heterocycles. The molecule has 8 heteroatoms. The van der Waals surface area contributed by atoms with Gasteiger partial charge in [0.05, 0.1) is 8.81 Å². The van der Waals surface area contributed by atoms with Gasteiger partial charge in [0.1, 0.15) is 6.11 Å². The van der Waals surface area contributed by atoms with E-state index in [0.29, 0.717) is 0 Å². The van der Waals surface area contributed by atoms with Gasteiger partial charge in [-0.05, 0) is 18.9 Å². The zero-order valence-corrected chi connectivity index (χ0v) is 9.10. The molecule has 0 amide bonds. The highest BCUT2D eigenvalue weighted by Crippen LogP contribution is 2.47. The molecule has 0 aliphatic carbocycles. The molecular formula is C6H10O6P2. The van der Waals surface area contributed by atoms with E-state index in [0.717, 1.165) is 6.08 Å². The second kappa shape index (κ2) is 5.47. The van der Waals surface area contributed by atoms with E-state index in [9.17, 15) is 4.57 Å². The van der Waals surface area contributed by atoms with Crippen LogP contribution in [0.4, 0.5) is 0 Å². The number of allylic oxidation sites excluding steroid dienone is 1. The molecule has 6 nitrogen and oxygen atoms in total. The molecule has 0 saturated carbocycles. The molecule has 0 aliphatic rings. The van der Waals surface area contributed by atoms with Crippen LogP contribution in [0.5, 0.6) is 0 Å². The summed E-state index contributed by atoms with van der Waals surface area (Å²) < 4.78 is 14.8. The third-order valence-electron chi connectivity index (χ3n) is 1.07. The van der Waals surface area contributed by atoms with Crippen molar-refractivity contribution in [2.75, 3.05) is 0 Å². The molecule has 0 rings (SSSR count). The van der Waals surface area contributed by atoms with Gasteiger partial charge in [-0.1, -0.05) is 6.08 Å². The van der Waals surface area contributed by atoms with Crippen molar-refractivity contribution in [3.8, 4) is 12.0 Å².